The first-order valence-electron chi connectivity index (χ1n) is 7.85. The summed E-state index contributed by atoms with van der Waals surface area (Å²) in [5.74, 6) is 0.651. The molecule has 2 unspecified atom stereocenters. The minimum Gasteiger partial charge on any atom is -0.383 e. The van der Waals surface area contributed by atoms with Gasteiger partial charge in [-0.15, -0.1) is 0 Å². The Bertz CT molecular complexity index is 462. The van der Waals surface area contributed by atoms with Crippen LogP contribution in [0.3, 0.4) is 0 Å². The summed E-state index contributed by atoms with van der Waals surface area (Å²) in [7, 11) is 4.42. The molecule has 5 nitrogen and oxygen atoms in total. The maximum absolute atomic E-state index is 6.11. The third-order valence-electron chi connectivity index (χ3n) is 4.40. The van der Waals surface area contributed by atoms with Crippen molar-refractivity contribution in [2.45, 2.75) is 32.4 Å². The molecule has 0 spiro atoms. The molecule has 1 aromatic heterocycles. The van der Waals surface area contributed by atoms with Gasteiger partial charge in [-0.25, -0.2) is 4.98 Å². The monoisotopic (exact) mass is 291 g/mol. The number of nitrogens with zero attached hydrogens (tertiary/aromatic N) is 3. The molecule has 2 atom stereocenters. The molecule has 0 saturated carbocycles. The highest BCUT2D eigenvalue weighted by molar-refractivity contribution is 5.43. The molecule has 1 aromatic rings. The molecule has 0 amide bonds. The number of hydrogen-bond donors (Lipinski definition) is 2. The maximum Gasteiger partial charge on any atom is 0.128 e. The number of piperazine rings is 1. The first-order valence-corrected chi connectivity index (χ1v) is 7.85. The van der Waals surface area contributed by atoms with Gasteiger partial charge in [-0.1, -0.05) is 6.92 Å². The molecule has 5 heteroatoms. The summed E-state index contributed by atoms with van der Waals surface area (Å²) in [4.78, 5) is 9.19. The number of hydrogen-bond acceptors (Lipinski definition) is 5. The fourth-order valence-electron chi connectivity index (χ4n) is 3.08. The van der Waals surface area contributed by atoms with Crippen molar-refractivity contribution in [3.63, 3.8) is 0 Å². The first-order chi connectivity index (χ1) is 10.0. The molecule has 3 N–H and O–H groups in total. The minimum absolute atomic E-state index is 0.265. The molecule has 118 valence electrons. The van der Waals surface area contributed by atoms with E-state index >= 15 is 0 Å². The molecule has 1 fully saturated rings. The molecule has 2 rings (SSSR count). The van der Waals surface area contributed by atoms with E-state index in [0.29, 0.717) is 11.9 Å². The minimum atomic E-state index is 0.265. The SMILES string of the molecule is CCNC(CC1CN(C)CCN1C)c1cc(C)cnc1N. The number of aryl methyl sites for hydroxylation is 1. The average molecular weight is 291 g/mol. The van der Waals surface area contributed by atoms with Crippen LogP contribution in [0.2, 0.25) is 0 Å². The van der Waals surface area contributed by atoms with Gasteiger partial charge >= 0.3 is 0 Å². The van der Waals surface area contributed by atoms with Gasteiger partial charge in [0.1, 0.15) is 5.82 Å². The lowest BCUT2D eigenvalue weighted by molar-refractivity contribution is 0.101. The van der Waals surface area contributed by atoms with Crippen LogP contribution in [0.25, 0.3) is 0 Å². The van der Waals surface area contributed by atoms with Crippen molar-refractivity contribution in [3.8, 4) is 0 Å². The number of nitrogen functional groups attached to an aromatic ring is 1. The van der Waals surface area contributed by atoms with E-state index < -0.39 is 0 Å². The van der Waals surface area contributed by atoms with E-state index in [1.54, 1.807) is 0 Å². The normalized spacial score (nSPS) is 22.4. The Kier molecular flexibility index (Phi) is 5.56. The smallest absolute Gasteiger partial charge is 0.128 e. The van der Waals surface area contributed by atoms with Crippen molar-refractivity contribution in [2.75, 3.05) is 46.0 Å². The second-order valence-corrected chi connectivity index (χ2v) is 6.23. The highest BCUT2D eigenvalue weighted by Gasteiger charge is 2.26. The lowest BCUT2D eigenvalue weighted by Gasteiger charge is -2.39. The number of pyridine rings is 1. The second kappa shape index (κ2) is 7.20. The molecule has 0 bridgehead atoms. The Hall–Kier alpha value is -1.17. The zero-order valence-corrected chi connectivity index (χ0v) is 13.8. The number of nitrogens with one attached hydrogen (secondary N) is 1. The summed E-state index contributed by atoms with van der Waals surface area (Å²) in [5, 5.41) is 3.58. The lowest BCUT2D eigenvalue weighted by atomic mass is 9.96. The van der Waals surface area contributed by atoms with Crippen LogP contribution in [0, 0.1) is 6.92 Å². The van der Waals surface area contributed by atoms with Gasteiger partial charge in [0.15, 0.2) is 0 Å². The predicted molar refractivity (Wildman–Crippen MR) is 88.3 cm³/mol. The van der Waals surface area contributed by atoms with E-state index in [4.69, 9.17) is 5.73 Å². The van der Waals surface area contributed by atoms with E-state index in [-0.39, 0.29) is 6.04 Å². The van der Waals surface area contributed by atoms with Gasteiger partial charge in [0.2, 0.25) is 0 Å². The third-order valence-corrected chi connectivity index (χ3v) is 4.40. The summed E-state index contributed by atoms with van der Waals surface area (Å²) < 4.78 is 0. The number of likely N-dealkylation sites (N-methyl/N-ethyl adjacent to an activating group) is 2. The van der Waals surface area contributed by atoms with Crippen LogP contribution in [0.1, 0.15) is 30.5 Å². The van der Waals surface area contributed by atoms with Gasteiger partial charge in [-0.2, -0.15) is 0 Å². The maximum atomic E-state index is 6.11. The quantitative estimate of drug-likeness (QED) is 0.855. The zero-order chi connectivity index (χ0) is 15.4. The van der Waals surface area contributed by atoms with Crippen LogP contribution in [0.15, 0.2) is 12.3 Å². The highest BCUT2D eigenvalue weighted by atomic mass is 15.3. The molecule has 0 radical (unpaired) electrons. The molecule has 2 heterocycles. The molecule has 0 aliphatic carbocycles. The molecular weight excluding hydrogens is 262 g/mol. The number of nitrogens with two attached hydrogens (primary N) is 1. The summed E-state index contributed by atoms with van der Waals surface area (Å²) in [5.41, 5.74) is 8.41. The van der Waals surface area contributed by atoms with Gasteiger partial charge in [-0.05, 0) is 45.6 Å². The van der Waals surface area contributed by atoms with Crippen LogP contribution in [0.4, 0.5) is 5.82 Å². The van der Waals surface area contributed by atoms with Gasteiger partial charge in [0, 0.05) is 43.5 Å². The van der Waals surface area contributed by atoms with Crippen molar-refractivity contribution in [2.24, 2.45) is 0 Å². The van der Waals surface area contributed by atoms with Gasteiger partial charge in [0.25, 0.3) is 0 Å². The van der Waals surface area contributed by atoms with E-state index in [1.807, 2.05) is 6.20 Å². The van der Waals surface area contributed by atoms with Crippen LogP contribution >= 0.6 is 0 Å². The van der Waals surface area contributed by atoms with E-state index in [9.17, 15) is 0 Å². The fraction of sp³-hybridized carbons (Fsp3) is 0.688. The van der Waals surface area contributed by atoms with E-state index in [1.165, 1.54) is 0 Å². The van der Waals surface area contributed by atoms with Crippen molar-refractivity contribution < 1.29 is 0 Å². The average Bonchev–Trinajstić information content (AvgIpc) is 2.45. The fourth-order valence-corrected chi connectivity index (χ4v) is 3.08. The van der Waals surface area contributed by atoms with Crippen LogP contribution in [-0.4, -0.2) is 61.1 Å². The third kappa shape index (κ3) is 4.15. The summed E-state index contributed by atoms with van der Waals surface area (Å²) in [6.07, 6.45) is 2.90. The number of rotatable bonds is 5. The lowest BCUT2D eigenvalue weighted by Crippen LogP contribution is -2.51. The summed E-state index contributed by atoms with van der Waals surface area (Å²) in [6, 6.07) is 2.98. The number of anilines is 1. The Morgan fingerprint density at radius 3 is 2.90 bits per heavy atom. The Morgan fingerprint density at radius 2 is 2.19 bits per heavy atom. The molecule has 1 saturated heterocycles. The Balaban J connectivity index is 2.16. The molecule has 21 heavy (non-hydrogen) atoms. The first kappa shape index (κ1) is 16.2. The number of aromatic nitrogens is 1. The van der Waals surface area contributed by atoms with E-state index in [2.05, 4.69) is 54.1 Å². The molecule has 1 aliphatic rings. The molecule has 0 aromatic carbocycles. The zero-order valence-electron chi connectivity index (χ0n) is 13.8. The topological polar surface area (TPSA) is 57.4 Å². The van der Waals surface area contributed by atoms with Crippen molar-refractivity contribution in [3.05, 3.63) is 23.4 Å². The van der Waals surface area contributed by atoms with Crippen LogP contribution < -0.4 is 11.1 Å². The second-order valence-electron chi connectivity index (χ2n) is 6.23. The highest BCUT2D eigenvalue weighted by Crippen LogP contribution is 2.26. The van der Waals surface area contributed by atoms with Gasteiger partial charge in [-0.3, -0.25) is 0 Å². The largest absolute Gasteiger partial charge is 0.383 e. The Morgan fingerprint density at radius 1 is 1.43 bits per heavy atom. The van der Waals surface area contributed by atoms with E-state index in [0.717, 1.165) is 43.7 Å². The standard InChI is InChI=1S/C16H29N5/c1-5-18-15(14-8-12(2)10-19-16(14)17)9-13-11-20(3)6-7-21(13)4/h8,10,13,15,18H,5-7,9,11H2,1-4H3,(H2,17,19). The van der Waals surface area contributed by atoms with Crippen LogP contribution in [0.5, 0.6) is 0 Å². The van der Waals surface area contributed by atoms with Crippen molar-refractivity contribution >= 4 is 5.82 Å². The molecule has 1 aliphatic heterocycles. The summed E-state index contributed by atoms with van der Waals surface area (Å²) in [6.45, 7) is 8.53. The molecular formula is C16H29N5. The van der Waals surface area contributed by atoms with Gasteiger partial charge in [0.05, 0.1) is 0 Å². The van der Waals surface area contributed by atoms with Crippen LogP contribution in [-0.2, 0) is 0 Å². The van der Waals surface area contributed by atoms with Crippen molar-refractivity contribution in [1.82, 2.24) is 20.1 Å². The van der Waals surface area contributed by atoms with Gasteiger partial charge < -0.3 is 20.9 Å². The predicted octanol–water partition coefficient (Wildman–Crippen LogP) is 1.26. The Labute approximate surface area is 128 Å². The summed E-state index contributed by atoms with van der Waals surface area (Å²) >= 11 is 0. The van der Waals surface area contributed by atoms with Crippen molar-refractivity contribution in [1.29, 1.82) is 0 Å².